The molecule has 1 aromatic rings. The minimum absolute atomic E-state index is 0.0368. The van der Waals surface area contributed by atoms with E-state index in [0.29, 0.717) is 17.2 Å². The summed E-state index contributed by atoms with van der Waals surface area (Å²) >= 11 is 1.05. The van der Waals surface area contributed by atoms with Crippen LogP contribution in [0.1, 0.15) is 6.42 Å². The summed E-state index contributed by atoms with van der Waals surface area (Å²) in [5, 5.41) is 2.22. The molecule has 9 nitrogen and oxygen atoms in total. The van der Waals surface area contributed by atoms with E-state index in [1.165, 1.54) is 0 Å². The van der Waals surface area contributed by atoms with Crippen LogP contribution in [-0.4, -0.2) is 35.0 Å². The van der Waals surface area contributed by atoms with Crippen LogP contribution in [-0.2, 0) is 9.59 Å². The molecule has 1 atom stereocenters. The average molecular weight is 335 g/mol. The second-order valence-electron chi connectivity index (χ2n) is 4.70. The molecule has 0 saturated heterocycles. The second kappa shape index (κ2) is 6.16. The Hall–Kier alpha value is -2.75. The van der Waals surface area contributed by atoms with Crippen molar-refractivity contribution in [2.45, 2.75) is 11.7 Å². The van der Waals surface area contributed by atoms with Crippen molar-refractivity contribution in [3.05, 3.63) is 18.2 Å². The highest BCUT2D eigenvalue weighted by atomic mass is 32.2. The van der Waals surface area contributed by atoms with Crippen molar-refractivity contribution in [3.63, 3.8) is 0 Å². The highest BCUT2D eigenvalue weighted by molar-refractivity contribution is 8.15. The Labute approximate surface area is 135 Å². The summed E-state index contributed by atoms with van der Waals surface area (Å²) < 4.78 is 10.4. The van der Waals surface area contributed by atoms with E-state index < -0.39 is 11.2 Å². The molecular formula is C13H13N5O4S. The van der Waals surface area contributed by atoms with E-state index in [0.717, 1.165) is 11.8 Å². The molecule has 0 aromatic heterocycles. The first-order valence-electron chi connectivity index (χ1n) is 6.59. The average Bonchev–Trinajstić information content (AvgIpc) is 3.05. The number of rotatable bonds is 3. The van der Waals surface area contributed by atoms with Crippen LogP contribution in [0.3, 0.4) is 0 Å². The molecule has 2 heterocycles. The zero-order chi connectivity index (χ0) is 16.4. The largest absolute Gasteiger partial charge is 0.454 e. The van der Waals surface area contributed by atoms with Gasteiger partial charge in [0.2, 0.25) is 12.7 Å². The third-order valence-corrected chi connectivity index (χ3v) is 4.03. The number of carbonyl (C=O) groups is 2. The van der Waals surface area contributed by atoms with Crippen molar-refractivity contribution in [3.8, 4) is 11.5 Å². The van der Waals surface area contributed by atoms with Crippen molar-refractivity contribution in [2.24, 2.45) is 21.5 Å². The van der Waals surface area contributed by atoms with Crippen molar-refractivity contribution >= 4 is 40.4 Å². The van der Waals surface area contributed by atoms with E-state index in [2.05, 4.69) is 15.3 Å². The van der Waals surface area contributed by atoms with E-state index in [-0.39, 0.29) is 30.2 Å². The molecule has 2 aliphatic heterocycles. The van der Waals surface area contributed by atoms with Gasteiger partial charge < -0.3 is 26.3 Å². The standard InChI is InChI=1S/C13H13N5O4S/c14-12(15)18-13-17-11(20)9(23-13)4-10(19)16-6-1-2-7-8(3-6)22-5-21-7/h1-3,9H,4-5H2,(H,16,19)(H4,14,15,17,18,20)/t9-/m0/s1. The van der Waals surface area contributed by atoms with Gasteiger partial charge in [0.25, 0.3) is 5.91 Å². The maximum absolute atomic E-state index is 12.1. The predicted octanol–water partition coefficient (Wildman–Crippen LogP) is 0.0153. The maximum Gasteiger partial charge on any atom is 0.262 e. The van der Waals surface area contributed by atoms with Gasteiger partial charge in [-0.1, -0.05) is 11.8 Å². The Morgan fingerprint density at radius 2 is 2.17 bits per heavy atom. The van der Waals surface area contributed by atoms with E-state index in [9.17, 15) is 9.59 Å². The molecule has 0 bridgehead atoms. The molecule has 2 amide bonds. The van der Waals surface area contributed by atoms with Crippen LogP contribution in [0.15, 0.2) is 28.2 Å². The zero-order valence-electron chi connectivity index (χ0n) is 11.8. The first-order chi connectivity index (χ1) is 11.0. The molecule has 2 aliphatic rings. The molecule has 3 rings (SSSR count). The molecule has 5 N–H and O–H groups in total. The minimum atomic E-state index is -0.637. The molecule has 120 valence electrons. The number of nitrogens with two attached hydrogens (primary N) is 2. The first kappa shape index (κ1) is 15.2. The molecule has 0 saturated carbocycles. The van der Waals surface area contributed by atoms with E-state index in [1.807, 2.05) is 0 Å². The number of nitrogens with one attached hydrogen (secondary N) is 1. The van der Waals surface area contributed by atoms with E-state index in [1.54, 1.807) is 18.2 Å². The molecular weight excluding hydrogens is 322 g/mol. The summed E-state index contributed by atoms with van der Waals surface area (Å²) in [5.41, 5.74) is 11.0. The number of carbonyl (C=O) groups excluding carboxylic acids is 2. The van der Waals surface area contributed by atoms with Gasteiger partial charge >= 0.3 is 0 Å². The van der Waals surface area contributed by atoms with Gasteiger partial charge in [0, 0.05) is 18.2 Å². The molecule has 10 heteroatoms. The van der Waals surface area contributed by atoms with Crippen LogP contribution >= 0.6 is 11.8 Å². The zero-order valence-corrected chi connectivity index (χ0v) is 12.6. The van der Waals surface area contributed by atoms with Gasteiger partial charge in [-0.3, -0.25) is 9.59 Å². The van der Waals surface area contributed by atoms with E-state index >= 15 is 0 Å². The Balaban J connectivity index is 1.58. The second-order valence-corrected chi connectivity index (χ2v) is 5.87. The number of amidine groups is 1. The Kier molecular flexibility index (Phi) is 4.06. The molecule has 0 aliphatic carbocycles. The van der Waals surface area contributed by atoms with Crippen LogP contribution < -0.4 is 26.3 Å². The van der Waals surface area contributed by atoms with Crippen molar-refractivity contribution < 1.29 is 19.1 Å². The summed E-state index contributed by atoms with van der Waals surface area (Å²) in [5.74, 6) is 0.244. The number of amides is 2. The highest BCUT2D eigenvalue weighted by Crippen LogP contribution is 2.34. The van der Waals surface area contributed by atoms with Crippen molar-refractivity contribution in [1.29, 1.82) is 0 Å². The SMILES string of the molecule is NC(N)=NC1=NC(=O)[C@H](CC(=O)Nc2ccc3c(c2)OCO3)S1. The Bertz CT molecular complexity index is 729. The molecule has 1 aromatic carbocycles. The summed E-state index contributed by atoms with van der Waals surface area (Å²) in [6, 6.07) is 5.05. The third-order valence-electron chi connectivity index (χ3n) is 2.98. The number of nitrogens with zero attached hydrogens (tertiary/aromatic N) is 2. The topological polar surface area (TPSA) is 141 Å². The lowest BCUT2D eigenvalue weighted by molar-refractivity contribution is -0.121. The van der Waals surface area contributed by atoms with Gasteiger partial charge in [0.05, 0.1) is 0 Å². The normalized spacial score (nSPS) is 18.5. The number of fused-ring (bicyclic) bond motifs is 1. The number of hydrogen-bond donors (Lipinski definition) is 3. The lowest BCUT2D eigenvalue weighted by atomic mass is 10.2. The maximum atomic E-state index is 12.1. The summed E-state index contributed by atoms with van der Waals surface area (Å²) in [4.78, 5) is 31.2. The number of thioether (sulfide) groups is 1. The van der Waals surface area contributed by atoms with Gasteiger partial charge in [-0.2, -0.15) is 9.98 Å². The number of guanidine groups is 1. The van der Waals surface area contributed by atoms with E-state index in [4.69, 9.17) is 20.9 Å². The first-order valence-corrected chi connectivity index (χ1v) is 7.47. The Morgan fingerprint density at radius 1 is 1.39 bits per heavy atom. The number of anilines is 1. The smallest absolute Gasteiger partial charge is 0.262 e. The molecule has 0 spiro atoms. The number of benzene rings is 1. The number of hydrogen-bond acceptors (Lipinski definition) is 6. The number of ether oxygens (including phenoxy) is 2. The van der Waals surface area contributed by atoms with Crippen LogP contribution in [0.2, 0.25) is 0 Å². The van der Waals surface area contributed by atoms with Gasteiger partial charge in [0.15, 0.2) is 22.6 Å². The summed E-state index contributed by atoms with van der Waals surface area (Å²) in [7, 11) is 0. The van der Waals surface area contributed by atoms with Gasteiger partial charge in [0.1, 0.15) is 5.25 Å². The predicted molar refractivity (Wildman–Crippen MR) is 85.4 cm³/mol. The molecule has 0 unspecified atom stereocenters. The lowest BCUT2D eigenvalue weighted by Crippen LogP contribution is -2.23. The number of aliphatic imine (C=N–C) groups is 2. The van der Waals surface area contributed by atoms with Gasteiger partial charge in [-0.05, 0) is 12.1 Å². The highest BCUT2D eigenvalue weighted by Gasteiger charge is 2.30. The van der Waals surface area contributed by atoms with Crippen LogP contribution in [0.25, 0.3) is 0 Å². The van der Waals surface area contributed by atoms with Crippen molar-refractivity contribution in [2.75, 3.05) is 12.1 Å². The summed E-state index contributed by atoms with van der Waals surface area (Å²) in [6.07, 6.45) is -0.0368. The minimum Gasteiger partial charge on any atom is -0.454 e. The van der Waals surface area contributed by atoms with Crippen LogP contribution in [0, 0.1) is 0 Å². The van der Waals surface area contributed by atoms with Crippen LogP contribution in [0.4, 0.5) is 5.69 Å². The summed E-state index contributed by atoms with van der Waals surface area (Å²) in [6.45, 7) is 0.158. The molecule has 0 radical (unpaired) electrons. The Morgan fingerprint density at radius 3 is 2.96 bits per heavy atom. The van der Waals surface area contributed by atoms with Gasteiger partial charge in [-0.25, -0.2) is 0 Å². The van der Waals surface area contributed by atoms with Crippen LogP contribution in [0.5, 0.6) is 11.5 Å². The fourth-order valence-corrected chi connectivity index (χ4v) is 2.96. The fourth-order valence-electron chi connectivity index (χ4n) is 2.02. The van der Waals surface area contributed by atoms with Gasteiger partial charge in [-0.15, -0.1) is 0 Å². The quantitative estimate of drug-likeness (QED) is 0.522. The van der Waals surface area contributed by atoms with Crippen molar-refractivity contribution in [1.82, 2.24) is 0 Å². The third kappa shape index (κ3) is 3.54. The fraction of sp³-hybridized carbons (Fsp3) is 0.231. The molecule has 23 heavy (non-hydrogen) atoms. The lowest BCUT2D eigenvalue weighted by Gasteiger charge is -2.08. The molecule has 0 fully saturated rings. The monoisotopic (exact) mass is 335 g/mol.